The minimum absolute atomic E-state index is 0. The summed E-state index contributed by atoms with van der Waals surface area (Å²) < 4.78 is 6.61. The van der Waals surface area contributed by atoms with Gasteiger partial charge in [0.05, 0.1) is 23.2 Å². The predicted octanol–water partition coefficient (Wildman–Crippen LogP) is 4.87. The average Bonchev–Trinajstić information content (AvgIpc) is 3.11. The molecule has 0 saturated carbocycles. The molecule has 3 aromatic rings. The van der Waals surface area contributed by atoms with E-state index in [1.807, 2.05) is 50.2 Å². The zero-order valence-electron chi connectivity index (χ0n) is 18.3. The van der Waals surface area contributed by atoms with Crippen molar-refractivity contribution in [3.63, 3.8) is 0 Å². The number of ether oxygens (including phenoxy) is 1. The molecule has 0 bridgehead atoms. The Morgan fingerprint density at radius 1 is 1.07 bits per heavy atom. The first-order valence-electron chi connectivity index (χ1n) is 9.92. The molecule has 2 aromatic carbocycles. The molecule has 0 fully saturated rings. The molecule has 0 saturated heterocycles. The minimum Gasteiger partial charge on any atom is -0.494 e. The lowest BCUT2D eigenvalue weighted by Gasteiger charge is -2.22. The van der Waals surface area contributed by atoms with E-state index >= 15 is 0 Å². The number of carbonyl (C=O) groups excluding carboxylic acids is 1. The zero-order valence-corrected chi connectivity index (χ0v) is 19.9. The Labute approximate surface area is 189 Å². The number of fused-ring (bicyclic) bond motifs is 1. The van der Waals surface area contributed by atoms with Gasteiger partial charge in [0.15, 0.2) is 5.13 Å². The van der Waals surface area contributed by atoms with Crippen LogP contribution in [0.3, 0.4) is 0 Å². The molecule has 1 heterocycles. The normalized spacial score (nSPS) is 10.9. The van der Waals surface area contributed by atoms with E-state index in [0.29, 0.717) is 19.6 Å². The van der Waals surface area contributed by atoms with Gasteiger partial charge in [-0.3, -0.25) is 9.69 Å². The van der Waals surface area contributed by atoms with Crippen LogP contribution < -0.4 is 9.64 Å². The molecule has 0 spiro atoms. The van der Waals surface area contributed by atoms with Crippen LogP contribution in [-0.4, -0.2) is 49.6 Å². The number of hydrogen-bond donors (Lipinski definition) is 0. The average molecular weight is 448 g/mol. The van der Waals surface area contributed by atoms with Gasteiger partial charge in [0, 0.05) is 13.1 Å². The van der Waals surface area contributed by atoms with Crippen LogP contribution in [0.2, 0.25) is 0 Å². The SMILES string of the molecule is CCOc1ccc(CC(=O)N(CCN(C)C)c2nc3c(C)c(C)ccc3s2)cc1.Cl. The second-order valence-electron chi connectivity index (χ2n) is 7.45. The van der Waals surface area contributed by atoms with E-state index in [0.717, 1.165) is 33.2 Å². The van der Waals surface area contributed by atoms with Gasteiger partial charge in [-0.1, -0.05) is 29.5 Å². The van der Waals surface area contributed by atoms with Gasteiger partial charge in [0.1, 0.15) is 5.75 Å². The molecule has 0 radical (unpaired) electrons. The van der Waals surface area contributed by atoms with Crippen molar-refractivity contribution >= 4 is 45.0 Å². The first-order valence-corrected chi connectivity index (χ1v) is 10.7. The summed E-state index contributed by atoms with van der Waals surface area (Å²) in [7, 11) is 4.03. The quantitative estimate of drug-likeness (QED) is 0.494. The summed E-state index contributed by atoms with van der Waals surface area (Å²) in [4.78, 5) is 22.0. The third-order valence-electron chi connectivity index (χ3n) is 4.97. The fraction of sp³-hybridized carbons (Fsp3) is 0.391. The lowest BCUT2D eigenvalue weighted by atomic mass is 10.1. The summed E-state index contributed by atoms with van der Waals surface area (Å²) in [6.07, 6.45) is 0.341. The molecule has 0 unspecified atom stereocenters. The molecule has 0 N–H and O–H groups in total. The smallest absolute Gasteiger partial charge is 0.233 e. The molecule has 5 nitrogen and oxygen atoms in total. The first-order chi connectivity index (χ1) is 13.9. The first kappa shape index (κ1) is 24.1. The van der Waals surface area contributed by atoms with Crippen LogP contribution in [0.4, 0.5) is 5.13 Å². The number of anilines is 1. The van der Waals surface area contributed by atoms with Crippen molar-refractivity contribution in [3.05, 3.63) is 53.1 Å². The fourth-order valence-electron chi connectivity index (χ4n) is 3.10. The van der Waals surface area contributed by atoms with Crippen LogP contribution in [0.15, 0.2) is 36.4 Å². The number of carbonyl (C=O) groups is 1. The summed E-state index contributed by atoms with van der Waals surface area (Å²) in [5.74, 6) is 0.884. The highest BCUT2D eigenvalue weighted by Gasteiger charge is 2.21. The number of amides is 1. The Kier molecular flexibility index (Phi) is 8.65. The van der Waals surface area contributed by atoms with Crippen molar-refractivity contribution in [1.82, 2.24) is 9.88 Å². The van der Waals surface area contributed by atoms with E-state index in [2.05, 4.69) is 30.9 Å². The summed E-state index contributed by atoms with van der Waals surface area (Å²) in [5, 5.41) is 0.770. The Balaban J connectivity index is 0.00000320. The van der Waals surface area contributed by atoms with E-state index in [1.165, 1.54) is 11.1 Å². The molecule has 30 heavy (non-hydrogen) atoms. The number of hydrogen-bond acceptors (Lipinski definition) is 5. The maximum absolute atomic E-state index is 13.2. The molecule has 0 aliphatic rings. The summed E-state index contributed by atoms with van der Waals surface area (Å²) >= 11 is 1.58. The van der Waals surface area contributed by atoms with E-state index in [4.69, 9.17) is 9.72 Å². The molecular weight excluding hydrogens is 418 g/mol. The fourth-order valence-corrected chi connectivity index (χ4v) is 4.17. The highest BCUT2D eigenvalue weighted by Crippen LogP contribution is 2.32. The number of nitrogens with zero attached hydrogens (tertiary/aromatic N) is 3. The molecule has 162 valence electrons. The minimum atomic E-state index is 0. The number of likely N-dealkylation sites (N-methyl/N-ethyl adjacent to an activating group) is 1. The van der Waals surface area contributed by atoms with Crippen molar-refractivity contribution in [2.24, 2.45) is 0 Å². The van der Waals surface area contributed by atoms with Gasteiger partial charge in [-0.25, -0.2) is 4.98 Å². The number of rotatable bonds is 8. The second kappa shape index (κ2) is 10.8. The topological polar surface area (TPSA) is 45.7 Å². The zero-order chi connectivity index (χ0) is 21.0. The maximum Gasteiger partial charge on any atom is 0.233 e. The molecule has 0 aliphatic carbocycles. The van der Waals surface area contributed by atoms with Crippen molar-refractivity contribution < 1.29 is 9.53 Å². The van der Waals surface area contributed by atoms with Crippen molar-refractivity contribution in [3.8, 4) is 5.75 Å². The molecule has 0 atom stereocenters. The molecule has 0 aliphatic heterocycles. The number of aryl methyl sites for hydroxylation is 2. The van der Waals surface area contributed by atoms with Gasteiger partial charge in [0.25, 0.3) is 0 Å². The Morgan fingerprint density at radius 3 is 2.40 bits per heavy atom. The van der Waals surface area contributed by atoms with Crippen LogP contribution in [-0.2, 0) is 11.2 Å². The van der Waals surface area contributed by atoms with Crippen molar-refractivity contribution in [2.75, 3.05) is 38.7 Å². The number of thiazole rings is 1. The third kappa shape index (κ3) is 5.72. The summed E-state index contributed by atoms with van der Waals surface area (Å²) in [6, 6.07) is 12.0. The largest absolute Gasteiger partial charge is 0.494 e. The molecule has 3 rings (SSSR count). The van der Waals surface area contributed by atoms with Crippen molar-refractivity contribution in [1.29, 1.82) is 0 Å². The lowest BCUT2D eigenvalue weighted by Crippen LogP contribution is -2.37. The van der Waals surface area contributed by atoms with Crippen LogP contribution in [0, 0.1) is 13.8 Å². The maximum atomic E-state index is 13.2. The highest BCUT2D eigenvalue weighted by molar-refractivity contribution is 7.22. The second-order valence-corrected chi connectivity index (χ2v) is 8.46. The molecular formula is C23H30ClN3O2S. The Bertz CT molecular complexity index is 986. The summed E-state index contributed by atoms with van der Waals surface area (Å²) in [6.45, 7) is 8.17. The molecule has 7 heteroatoms. The summed E-state index contributed by atoms with van der Waals surface area (Å²) in [5.41, 5.74) is 4.36. The Morgan fingerprint density at radius 2 is 1.77 bits per heavy atom. The van der Waals surface area contributed by atoms with E-state index in [-0.39, 0.29) is 18.3 Å². The van der Waals surface area contributed by atoms with Crippen LogP contribution in [0.5, 0.6) is 5.75 Å². The van der Waals surface area contributed by atoms with Gasteiger partial charge in [-0.15, -0.1) is 12.4 Å². The molecule has 1 amide bonds. The third-order valence-corrected chi connectivity index (χ3v) is 6.01. The standard InChI is InChI=1S/C23H29N3O2S.ClH/c1-6-28-19-10-8-18(9-11-19)15-21(27)26(14-13-25(4)5)23-24-22-17(3)16(2)7-12-20(22)29-23;/h7-12H,6,13-15H2,1-5H3;1H. The number of aromatic nitrogens is 1. The van der Waals surface area contributed by atoms with Crippen LogP contribution in [0.25, 0.3) is 10.2 Å². The van der Waals surface area contributed by atoms with Gasteiger partial charge in [0.2, 0.25) is 5.91 Å². The van der Waals surface area contributed by atoms with Gasteiger partial charge >= 0.3 is 0 Å². The highest BCUT2D eigenvalue weighted by atomic mass is 35.5. The monoisotopic (exact) mass is 447 g/mol. The van der Waals surface area contributed by atoms with Gasteiger partial charge in [-0.2, -0.15) is 0 Å². The number of benzene rings is 2. The van der Waals surface area contributed by atoms with E-state index in [1.54, 1.807) is 11.3 Å². The predicted molar refractivity (Wildman–Crippen MR) is 129 cm³/mol. The van der Waals surface area contributed by atoms with Crippen LogP contribution in [0.1, 0.15) is 23.6 Å². The van der Waals surface area contributed by atoms with Crippen molar-refractivity contribution in [2.45, 2.75) is 27.2 Å². The van der Waals surface area contributed by atoms with Crippen LogP contribution >= 0.6 is 23.7 Å². The van der Waals surface area contributed by atoms with Gasteiger partial charge in [-0.05, 0) is 69.8 Å². The molecule has 1 aromatic heterocycles. The van der Waals surface area contributed by atoms with E-state index in [9.17, 15) is 4.79 Å². The Hall–Kier alpha value is -2.15. The van der Waals surface area contributed by atoms with Gasteiger partial charge < -0.3 is 9.64 Å². The van der Waals surface area contributed by atoms with E-state index < -0.39 is 0 Å². The number of halogens is 1. The lowest BCUT2D eigenvalue weighted by molar-refractivity contribution is -0.118.